The monoisotopic (exact) mass is 801 g/mol. The molecule has 0 aliphatic carbocycles. The number of methoxy groups -OCH3 is 2. The van der Waals surface area contributed by atoms with E-state index in [0.29, 0.717) is 25.1 Å². The summed E-state index contributed by atoms with van der Waals surface area (Å²) in [5.74, 6) is -1.61. The Balaban J connectivity index is 3.75. The van der Waals surface area contributed by atoms with E-state index in [1.807, 2.05) is 0 Å². The summed E-state index contributed by atoms with van der Waals surface area (Å²) in [4.78, 5) is 71.2. The van der Waals surface area contributed by atoms with Crippen LogP contribution in [0, 0.1) is 0 Å². The predicted molar refractivity (Wildman–Crippen MR) is 209 cm³/mol. The zero-order valence-electron chi connectivity index (χ0n) is 34.4. The van der Waals surface area contributed by atoms with Crippen LogP contribution in [-0.2, 0) is 61.9 Å². The first kappa shape index (κ1) is 52.4. The minimum Gasteiger partial charge on any atom is -0.467 e. The molecule has 56 heavy (non-hydrogen) atoms. The number of hydrogen-bond donors (Lipinski definition) is 3. The molecule has 324 valence electrons. The van der Waals surface area contributed by atoms with Crippen LogP contribution in [-0.4, -0.2) is 122 Å². The summed E-state index contributed by atoms with van der Waals surface area (Å²) in [6, 6.07) is -0.896. The Labute approximate surface area is 334 Å². The van der Waals surface area contributed by atoms with Crippen molar-refractivity contribution in [3.05, 3.63) is 12.3 Å². The third-order valence-corrected chi connectivity index (χ3v) is 8.37. The Morgan fingerprint density at radius 2 is 0.964 bits per heavy atom. The number of carbonyl (C=O) groups is 6. The van der Waals surface area contributed by atoms with Crippen molar-refractivity contribution >= 4 is 35.6 Å². The standard InChI is InChI=1S/C40H71N3O13/c1-33(2)56-38(47)20-18-16-14-12-10-8-6-5-7-9-11-13-15-17-19-36(45)43-34(40(49)51-4)21-22-35(44)41-23-25-52-27-29-54-31-37(46)42-24-26-53-28-30-55-32-39(48)50-3/h34H,1,5-32H2,2-4H3,(H,41,44)(H,42,46)(H,43,45)/t34-/m0/s1. The van der Waals surface area contributed by atoms with E-state index < -0.39 is 18.0 Å². The SMILES string of the molecule is C=C(C)OC(=O)CCCCCCCCCCCCCCCCC(=O)N[C@@H](CCC(=O)NCCOCCOCC(=O)NCCOCCOCC(=O)OC)C(=O)OC. The van der Waals surface area contributed by atoms with Crippen molar-refractivity contribution < 1.29 is 61.9 Å². The molecule has 0 aliphatic heterocycles. The Morgan fingerprint density at radius 3 is 1.46 bits per heavy atom. The van der Waals surface area contributed by atoms with Crippen LogP contribution in [0.1, 0.15) is 122 Å². The van der Waals surface area contributed by atoms with Crippen LogP contribution in [0.25, 0.3) is 0 Å². The maximum Gasteiger partial charge on any atom is 0.331 e. The first-order chi connectivity index (χ1) is 27.1. The Hall–Kier alpha value is -3.60. The number of amides is 3. The minimum atomic E-state index is -0.896. The van der Waals surface area contributed by atoms with E-state index in [4.69, 9.17) is 28.4 Å². The number of esters is 3. The van der Waals surface area contributed by atoms with Gasteiger partial charge >= 0.3 is 17.9 Å². The average Bonchev–Trinajstić information content (AvgIpc) is 3.17. The van der Waals surface area contributed by atoms with Crippen LogP contribution < -0.4 is 16.0 Å². The van der Waals surface area contributed by atoms with E-state index in [0.717, 1.165) is 44.9 Å². The zero-order chi connectivity index (χ0) is 41.5. The van der Waals surface area contributed by atoms with Gasteiger partial charge in [0.1, 0.15) is 19.3 Å². The molecule has 0 aliphatic rings. The van der Waals surface area contributed by atoms with Gasteiger partial charge in [-0.15, -0.1) is 0 Å². The second-order valence-corrected chi connectivity index (χ2v) is 13.4. The highest BCUT2D eigenvalue weighted by molar-refractivity contribution is 5.85. The summed E-state index contributed by atoms with van der Waals surface area (Å²) in [6.45, 7) is 7.00. The second-order valence-electron chi connectivity index (χ2n) is 13.4. The molecule has 16 heteroatoms. The molecule has 0 rings (SSSR count). The number of carbonyl (C=O) groups excluding carboxylic acids is 6. The molecule has 3 amide bonds. The first-order valence-corrected chi connectivity index (χ1v) is 20.2. The largest absolute Gasteiger partial charge is 0.467 e. The van der Waals surface area contributed by atoms with Crippen LogP contribution in [0.3, 0.4) is 0 Å². The maximum absolute atomic E-state index is 12.5. The van der Waals surface area contributed by atoms with E-state index in [9.17, 15) is 28.8 Å². The number of hydrogen-bond acceptors (Lipinski definition) is 13. The highest BCUT2D eigenvalue weighted by atomic mass is 16.6. The van der Waals surface area contributed by atoms with E-state index in [1.54, 1.807) is 6.92 Å². The normalized spacial score (nSPS) is 11.3. The zero-order valence-corrected chi connectivity index (χ0v) is 34.4. The Morgan fingerprint density at radius 1 is 0.500 bits per heavy atom. The van der Waals surface area contributed by atoms with Gasteiger partial charge in [-0.3, -0.25) is 19.2 Å². The smallest absolute Gasteiger partial charge is 0.331 e. The van der Waals surface area contributed by atoms with Crippen molar-refractivity contribution in [2.24, 2.45) is 0 Å². The molecule has 16 nitrogen and oxygen atoms in total. The van der Waals surface area contributed by atoms with E-state index >= 15 is 0 Å². The molecule has 0 aromatic heterocycles. The maximum atomic E-state index is 12.5. The number of nitrogens with one attached hydrogen (secondary N) is 3. The molecule has 0 heterocycles. The lowest BCUT2D eigenvalue weighted by Crippen LogP contribution is -2.42. The van der Waals surface area contributed by atoms with Gasteiger partial charge in [-0.1, -0.05) is 83.6 Å². The fraction of sp³-hybridized carbons (Fsp3) is 0.800. The van der Waals surface area contributed by atoms with Crippen molar-refractivity contribution in [3.63, 3.8) is 0 Å². The third-order valence-electron chi connectivity index (χ3n) is 8.37. The number of ether oxygens (including phenoxy) is 7. The van der Waals surface area contributed by atoms with Crippen molar-refractivity contribution in [2.45, 2.75) is 129 Å². The molecule has 3 N–H and O–H groups in total. The molecule has 0 bridgehead atoms. The predicted octanol–water partition coefficient (Wildman–Crippen LogP) is 4.21. The van der Waals surface area contributed by atoms with Gasteiger partial charge in [0, 0.05) is 32.4 Å². The Kier molecular flexibility index (Phi) is 35.8. The molecule has 0 aromatic carbocycles. The van der Waals surface area contributed by atoms with Crippen molar-refractivity contribution in [2.75, 3.05) is 80.2 Å². The molecule has 0 spiro atoms. The molecule has 0 saturated heterocycles. The van der Waals surface area contributed by atoms with Gasteiger partial charge in [0.05, 0.1) is 59.6 Å². The molecule has 0 unspecified atom stereocenters. The summed E-state index contributed by atoms with van der Waals surface area (Å²) in [5, 5.41) is 8.07. The van der Waals surface area contributed by atoms with Gasteiger partial charge in [-0.05, 0) is 26.2 Å². The van der Waals surface area contributed by atoms with Gasteiger partial charge in [0.15, 0.2) is 0 Å². The molecular formula is C40H71N3O13. The molecule has 0 saturated carbocycles. The summed E-state index contributed by atoms with van der Waals surface area (Å²) in [6.07, 6.45) is 16.5. The fourth-order valence-electron chi connectivity index (χ4n) is 5.34. The molecule has 0 radical (unpaired) electrons. The van der Waals surface area contributed by atoms with E-state index in [2.05, 4.69) is 27.3 Å². The lowest BCUT2D eigenvalue weighted by molar-refractivity contribution is -0.146. The van der Waals surface area contributed by atoms with E-state index in [-0.39, 0.29) is 95.9 Å². The summed E-state index contributed by atoms with van der Waals surface area (Å²) in [5.41, 5.74) is 0. The van der Waals surface area contributed by atoms with Gasteiger partial charge in [0.25, 0.3) is 0 Å². The number of unbranched alkanes of at least 4 members (excludes halogenated alkanes) is 13. The van der Waals surface area contributed by atoms with Crippen molar-refractivity contribution in [3.8, 4) is 0 Å². The quantitative estimate of drug-likeness (QED) is 0.0346. The fourth-order valence-corrected chi connectivity index (χ4v) is 5.34. The van der Waals surface area contributed by atoms with Gasteiger partial charge in [-0.25, -0.2) is 9.59 Å². The highest BCUT2D eigenvalue weighted by Crippen LogP contribution is 2.14. The topological polar surface area (TPSA) is 203 Å². The molecule has 1 atom stereocenters. The van der Waals surface area contributed by atoms with Gasteiger partial charge < -0.3 is 49.1 Å². The van der Waals surface area contributed by atoms with Crippen LogP contribution in [0.15, 0.2) is 12.3 Å². The third kappa shape index (κ3) is 36.1. The molecular weight excluding hydrogens is 730 g/mol. The lowest BCUT2D eigenvalue weighted by Gasteiger charge is -2.16. The average molecular weight is 802 g/mol. The van der Waals surface area contributed by atoms with Crippen molar-refractivity contribution in [1.29, 1.82) is 0 Å². The molecule has 0 aromatic rings. The Bertz CT molecular complexity index is 1090. The van der Waals surface area contributed by atoms with Crippen molar-refractivity contribution in [1.82, 2.24) is 16.0 Å². The van der Waals surface area contributed by atoms with Crippen LogP contribution in [0.4, 0.5) is 0 Å². The summed E-state index contributed by atoms with van der Waals surface area (Å²) < 4.78 is 35.2. The second kappa shape index (κ2) is 38.3. The number of allylic oxidation sites excluding steroid dienone is 1. The summed E-state index contributed by atoms with van der Waals surface area (Å²) in [7, 11) is 2.53. The lowest BCUT2D eigenvalue weighted by atomic mass is 10.0. The van der Waals surface area contributed by atoms with Gasteiger partial charge in [-0.2, -0.15) is 0 Å². The molecule has 0 fully saturated rings. The minimum absolute atomic E-state index is 0.0301. The number of rotatable bonds is 39. The highest BCUT2D eigenvalue weighted by Gasteiger charge is 2.22. The van der Waals surface area contributed by atoms with Crippen LogP contribution >= 0.6 is 0 Å². The van der Waals surface area contributed by atoms with Crippen LogP contribution in [0.2, 0.25) is 0 Å². The van der Waals surface area contributed by atoms with Crippen LogP contribution in [0.5, 0.6) is 0 Å². The van der Waals surface area contributed by atoms with Gasteiger partial charge in [0.2, 0.25) is 17.7 Å². The first-order valence-electron chi connectivity index (χ1n) is 20.2. The summed E-state index contributed by atoms with van der Waals surface area (Å²) >= 11 is 0. The van der Waals surface area contributed by atoms with E-state index in [1.165, 1.54) is 59.2 Å².